The van der Waals surface area contributed by atoms with Gasteiger partial charge in [0.05, 0.1) is 6.54 Å². The zero-order valence-electron chi connectivity index (χ0n) is 11.5. The van der Waals surface area contributed by atoms with Gasteiger partial charge in [0.15, 0.2) is 17.0 Å². The number of rotatable bonds is 5. The Morgan fingerprint density at radius 2 is 2.27 bits per heavy atom. The van der Waals surface area contributed by atoms with Crippen LogP contribution in [0.25, 0.3) is 11.2 Å². The van der Waals surface area contributed by atoms with Crippen LogP contribution in [0.5, 0.6) is 6.01 Å². The average molecular weight is 337 g/mol. The van der Waals surface area contributed by atoms with E-state index in [9.17, 15) is 0 Å². The van der Waals surface area contributed by atoms with Crippen molar-refractivity contribution in [2.24, 2.45) is 0 Å². The maximum atomic E-state index is 5.97. The van der Waals surface area contributed by atoms with Crippen LogP contribution in [-0.2, 0) is 6.54 Å². The molecule has 114 valence electrons. The number of halogens is 1. The lowest BCUT2D eigenvalue weighted by atomic mass is 9.96. The molecule has 0 amide bonds. The molecule has 0 aromatic carbocycles. The number of nitrogens with zero attached hydrogens (tertiary/aromatic N) is 4. The fourth-order valence-electron chi connectivity index (χ4n) is 2.18. The van der Waals surface area contributed by atoms with E-state index in [2.05, 4.69) is 30.2 Å². The quantitative estimate of drug-likeness (QED) is 0.696. The van der Waals surface area contributed by atoms with Gasteiger partial charge in [0.2, 0.25) is 5.28 Å². The number of hydrogen-bond acceptors (Lipinski definition) is 7. The van der Waals surface area contributed by atoms with Crippen LogP contribution in [-0.4, -0.2) is 31.0 Å². The van der Waals surface area contributed by atoms with Crippen LogP contribution in [0.2, 0.25) is 5.28 Å². The van der Waals surface area contributed by atoms with E-state index in [1.807, 2.05) is 5.38 Å². The van der Waals surface area contributed by atoms with Gasteiger partial charge < -0.3 is 10.1 Å². The third-order valence-corrected chi connectivity index (χ3v) is 4.47. The van der Waals surface area contributed by atoms with Gasteiger partial charge in [0, 0.05) is 11.6 Å². The topological polar surface area (TPSA) is 88.6 Å². The van der Waals surface area contributed by atoms with Crippen molar-refractivity contribution in [3.05, 3.63) is 21.9 Å². The first-order chi connectivity index (χ1) is 10.8. The zero-order chi connectivity index (χ0) is 14.9. The van der Waals surface area contributed by atoms with Crippen molar-refractivity contribution in [2.75, 3.05) is 5.32 Å². The second kappa shape index (κ2) is 5.69. The Kier molecular flexibility index (Phi) is 3.55. The standard InChI is InChI=1S/C13H13ClN6OS/c14-12-18-10(16-6-8-15-4-5-22-8)9-11(19-12)20-13(17-9)21-7-2-1-3-7/h4-5,7H,1-3,6H2,(H2,16,17,18,19,20). The summed E-state index contributed by atoms with van der Waals surface area (Å²) in [5.41, 5.74) is 1.19. The van der Waals surface area contributed by atoms with Gasteiger partial charge in [-0.15, -0.1) is 11.3 Å². The number of ether oxygens (including phenoxy) is 1. The number of thiazole rings is 1. The van der Waals surface area contributed by atoms with Gasteiger partial charge in [-0.2, -0.15) is 15.0 Å². The molecule has 22 heavy (non-hydrogen) atoms. The van der Waals surface area contributed by atoms with Gasteiger partial charge >= 0.3 is 0 Å². The van der Waals surface area contributed by atoms with Crippen molar-refractivity contribution in [1.29, 1.82) is 0 Å². The van der Waals surface area contributed by atoms with E-state index in [1.165, 1.54) is 6.42 Å². The van der Waals surface area contributed by atoms with E-state index in [0.29, 0.717) is 29.5 Å². The number of hydrogen-bond donors (Lipinski definition) is 2. The van der Waals surface area contributed by atoms with Gasteiger partial charge in [-0.3, -0.25) is 4.98 Å². The maximum Gasteiger partial charge on any atom is 0.296 e. The molecule has 9 heteroatoms. The summed E-state index contributed by atoms with van der Waals surface area (Å²) in [5, 5.41) is 6.25. The first-order valence-corrected chi connectivity index (χ1v) is 8.26. The zero-order valence-corrected chi connectivity index (χ0v) is 13.1. The third-order valence-electron chi connectivity index (χ3n) is 3.52. The summed E-state index contributed by atoms with van der Waals surface area (Å²) in [4.78, 5) is 20.1. The largest absolute Gasteiger partial charge is 0.461 e. The fraction of sp³-hybridized carbons (Fsp3) is 0.385. The summed E-state index contributed by atoms with van der Waals surface area (Å²) in [6.07, 6.45) is 5.35. The Morgan fingerprint density at radius 1 is 1.36 bits per heavy atom. The molecular formula is C13H13ClN6OS. The molecule has 0 atom stereocenters. The van der Waals surface area contributed by atoms with Crippen LogP contribution in [0.15, 0.2) is 11.6 Å². The minimum atomic E-state index is 0.160. The van der Waals surface area contributed by atoms with Gasteiger partial charge in [0.25, 0.3) is 6.01 Å². The van der Waals surface area contributed by atoms with E-state index < -0.39 is 0 Å². The molecule has 0 radical (unpaired) electrons. The minimum Gasteiger partial charge on any atom is -0.461 e. The molecule has 1 saturated carbocycles. The van der Waals surface area contributed by atoms with Crippen LogP contribution in [0, 0.1) is 0 Å². The first kappa shape index (κ1) is 13.7. The molecule has 0 bridgehead atoms. The van der Waals surface area contributed by atoms with Crippen molar-refractivity contribution in [3.8, 4) is 6.01 Å². The highest BCUT2D eigenvalue weighted by Crippen LogP contribution is 2.27. The van der Waals surface area contributed by atoms with Crippen LogP contribution in [0.3, 0.4) is 0 Å². The van der Waals surface area contributed by atoms with E-state index in [1.54, 1.807) is 17.5 Å². The lowest BCUT2D eigenvalue weighted by Crippen LogP contribution is -2.24. The molecule has 3 aromatic rings. The molecule has 0 spiro atoms. The van der Waals surface area contributed by atoms with E-state index in [4.69, 9.17) is 16.3 Å². The van der Waals surface area contributed by atoms with Crippen LogP contribution in [0.4, 0.5) is 5.82 Å². The number of aromatic amines is 1. The summed E-state index contributed by atoms with van der Waals surface area (Å²) >= 11 is 7.55. The molecule has 2 N–H and O–H groups in total. The smallest absolute Gasteiger partial charge is 0.296 e. The lowest BCUT2D eigenvalue weighted by molar-refractivity contribution is 0.110. The molecule has 3 aromatic heterocycles. The van der Waals surface area contributed by atoms with Gasteiger partial charge in [-0.05, 0) is 30.9 Å². The Morgan fingerprint density at radius 3 is 3.00 bits per heavy atom. The van der Waals surface area contributed by atoms with Crippen LogP contribution in [0.1, 0.15) is 24.3 Å². The van der Waals surface area contributed by atoms with Gasteiger partial charge in [0.1, 0.15) is 11.1 Å². The number of H-pyrrole nitrogens is 1. The highest BCUT2D eigenvalue weighted by Gasteiger charge is 2.21. The molecule has 1 fully saturated rings. The molecule has 0 unspecified atom stereocenters. The average Bonchev–Trinajstić information content (AvgIpc) is 3.09. The molecule has 1 aliphatic carbocycles. The molecule has 4 rings (SSSR count). The molecular weight excluding hydrogens is 324 g/mol. The SMILES string of the molecule is Clc1nc(NCc2nccs2)c2nc(OC3CCC3)[nH]c2n1. The molecule has 0 aliphatic heterocycles. The lowest BCUT2D eigenvalue weighted by Gasteiger charge is -2.24. The summed E-state index contributed by atoms with van der Waals surface area (Å²) in [5.74, 6) is 0.574. The van der Waals surface area contributed by atoms with Gasteiger partial charge in [-0.1, -0.05) is 0 Å². The van der Waals surface area contributed by atoms with Gasteiger partial charge in [-0.25, -0.2) is 4.98 Å². The number of anilines is 1. The van der Waals surface area contributed by atoms with Crippen molar-refractivity contribution in [3.63, 3.8) is 0 Å². The minimum absolute atomic E-state index is 0.160. The second-order valence-electron chi connectivity index (χ2n) is 5.03. The monoisotopic (exact) mass is 336 g/mol. The Labute approximate surface area is 135 Å². The molecule has 1 aliphatic rings. The highest BCUT2D eigenvalue weighted by molar-refractivity contribution is 7.09. The van der Waals surface area contributed by atoms with Crippen molar-refractivity contribution in [1.82, 2.24) is 24.9 Å². The normalized spacial score (nSPS) is 15.0. The highest BCUT2D eigenvalue weighted by atomic mass is 35.5. The van der Waals surface area contributed by atoms with Crippen molar-refractivity contribution < 1.29 is 4.74 Å². The predicted molar refractivity (Wildman–Crippen MR) is 84.4 cm³/mol. The van der Waals surface area contributed by atoms with E-state index >= 15 is 0 Å². The Hall–Kier alpha value is -1.93. The molecule has 3 heterocycles. The second-order valence-corrected chi connectivity index (χ2v) is 6.35. The molecule has 0 saturated heterocycles. The van der Waals surface area contributed by atoms with Crippen LogP contribution < -0.4 is 10.1 Å². The predicted octanol–water partition coefficient (Wildman–Crippen LogP) is 3.01. The number of nitrogens with one attached hydrogen (secondary N) is 2. The number of fused-ring (bicyclic) bond motifs is 1. The summed E-state index contributed by atoms with van der Waals surface area (Å²) < 4.78 is 5.76. The summed E-state index contributed by atoms with van der Waals surface area (Å²) in [7, 11) is 0. The van der Waals surface area contributed by atoms with Crippen molar-refractivity contribution >= 4 is 39.9 Å². The molecule has 7 nitrogen and oxygen atoms in total. The van der Waals surface area contributed by atoms with E-state index in [-0.39, 0.29) is 11.4 Å². The first-order valence-electron chi connectivity index (χ1n) is 7.00. The summed E-state index contributed by atoms with van der Waals surface area (Å²) in [6, 6.07) is 0.466. The summed E-state index contributed by atoms with van der Waals surface area (Å²) in [6.45, 7) is 0.561. The Bertz CT molecular complexity index is 785. The van der Waals surface area contributed by atoms with Crippen LogP contribution >= 0.6 is 22.9 Å². The number of imidazole rings is 1. The fourth-order valence-corrected chi connectivity index (χ4v) is 2.90. The van der Waals surface area contributed by atoms with Crippen molar-refractivity contribution in [2.45, 2.75) is 31.9 Å². The van der Waals surface area contributed by atoms with E-state index in [0.717, 1.165) is 17.8 Å². The Balaban J connectivity index is 1.60. The third kappa shape index (κ3) is 2.71. The maximum absolute atomic E-state index is 5.97. The number of aromatic nitrogens is 5.